The lowest BCUT2D eigenvalue weighted by atomic mass is 10.2. The molecule has 0 atom stereocenters. The Bertz CT molecular complexity index is 637. The fourth-order valence-electron chi connectivity index (χ4n) is 1.82. The zero-order valence-corrected chi connectivity index (χ0v) is 12.8. The first kappa shape index (κ1) is 14.6. The molecule has 0 bridgehead atoms. The number of benzene rings is 1. The van der Waals surface area contributed by atoms with Crippen molar-refractivity contribution < 1.29 is 14.6 Å². The minimum atomic E-state index is -1.01. The molecule has 2 rings (SSSR count). The maximum atomic E-state index is 11.1. The summed E-state index contributed by atoms with van der Waals surface area (Å²) in [5.74, 6) is -0.669. The van der Waals surface area contributed by atoms with Gasteiger partial charge < -0.3 is 9.84 Å². The molecule has 0 unspecified atom stereocenters. The van der Waals surface area contributed by atoms with Crippen molar-refractivity contribution in [2.24, 2.45) is 7.05 Å². The zero-order valence-electron chi connectivity index (χ0n) is 11.3. The molecule has 1 aromatic carbocycles. The highest BCUT2D eigenvalue weighted by atomic mass is 79.9. The second kappa shape index (κ2) is 6.09. The van der Waals surface area contributed by atoms with E-state index in [9.17, 15) is 4.79 Å². The largest absolute Gasteiger partial charge is 0.486 e. The molecule has 0 saturated carbocycles. The van der Waals surface area contributed by atoms with Crippen LogP contribution < -0.4 is 4.74 Å². The van der Waals surface area contributed by atoms with E-state index in [2.05, 4.69) is 21.0 Å². The van der Waals surface area contributed by atoms with Crippen LogP contribution in [-0.2, 0) is 20.1 Å². The van der Waals surface area contributed by atoms with Gasteiger partial charge in [0.2, 0.25) is 0 Å². The fourth-order valence-corrected chi connectivity index (χ4v) is 2.16. The molecular weight excluding hydrogens is 324 g/mol. The maximum Gasteiger partial charge on any atom is 0.339 e. The molecular formula is C14H15BrN2O3. The Morgan fingerprint density at radius 1 is 1.45 bits per heavy atom. The molecule has 106 valence electrons. The molecule has 20 heavy (non-hydrogen) atoms. The Morgan fingerprint density at radius 3 is 2.80 bits per heavy atom. The molecule has 0 spiro atoms. The van der Waals surface area contributed by atoms with Crippen molar-refractivity contribution in [1.29, 1.82) is 0 Å². The summed E-state index contributed by atoms with van der Waals surface area (Å²) in [6.07, 6.45) is 0.852. The van der Waals surface area contributed by atoms with E-state index >= 15 is 0 Å². The first-order valence-electron chi connectivity index (χ1n) is 6.18. The van der Waals surface area contributed by atoms with E-state index in [4.69, 9.17) is 9.84 Å². The summed E-state index contributed by atoms with van der Waals surface area (Å²) in [6.45, 7) is 2.31. The predicted molar refractivity (Wildman–Crippen MR) is 78.0 cm³/mol. The number of carboxylic acid groups (broad SMARTS) is 1. The SMILES string of the molecule is CCc1cc(COc2cc(Br)ccc2C(=O)O)n(C)n1. The number of carboxylic acids is 1. The molecule has 5 nitrogen and oxygen atoms in total. The normalized spacial score (nSPS) is 10.6. The Hall–Kier alpha value is -1.82. The Labute approximate surface area is 125 Å². The second-order valence-corrected chi connectivity index (χ2v) is 5.25. The van der Waals surface area contributed by atoms with Crippen molar-refractivity contribution in [2.45, 2.75) is 20.0 Å². The summed E-state index contributed by atoms with van der Waals surface area (Å²) in [5.41, 5.74) is 2.03. The quantitative estimate of drug-likeness (QED) is 0.909. The summed E-state index contributed by atoms with van der Waals surface area (Å²) < 4.78 is 8.15. The summed E-state index contributed by atoms with van der Waals surface area (Å²) in [7, 11) is 1.84. The van der Waals surface area contributed by atoms with Gasteiger partial charge in [-0.05, 0) is 30.7 Å². The van der Waals surface area contributed by atoms with Gasteiger partial charge >= 0.3 is 5.97 Å². The third kappa shape index (κ3) is 3.19. The van der Waals surface area contributed by atoms with Crippen LogP contribution in [0.2, 0.25) is 0 Å². The molecule has 0 fully saturated rings. The molecule has 0 radical (unpaired) electrons. The van der Waals surface area contributed by atoms with Gasteiger partial charge in [-0.15, -0.1) is 0 Å². The number of ether oxygens (including phenoxy) is 1. The van der Waals surface area contributed by atoms with Crippen LogP contribution in [0.4, 0.5) is 0 Å². The van der Waals surface area contributed by atoms with E-state index in [0.29, 0.717) is 5.75 Å². The lowest BCUT2D eigenvalue weighted by molar-refractivity contribution is 0.0691. The average molecular weight is 339 g/mol. The average Bonchev–Trinajstić information content (AvgIpc) is 2.76. The topological polar surface area (TPSA) is 64.3 Å². The van der Waals surface area contributed by atoms with Crippen LogP contribution in [0.25, 0.3) is 0 Å². The molecule has 0 amide bonds. The molecule has 1 heterocycles. The van der Waals surface area contributed by atoms with Crippen molar-refractivity contribution in [2.75, 3.05) is 0 Å². The molecule has 0 saturated heterocycles. The Kier molecular flexibility index (Phi) is 4.44. The van der Waals surface area contributed by atoms with Crippen LogP contribution in [-0.4, -0.2) is 20.9 Å². The number of aromatic nitrogens is 2. The Balaban J connectivity index is 2.19. The van der Waals surface area contributed by atoms with E-state index < -0.39 is 5.97 Å². The summed E-state index contributed by atoms with van der Waals surface area (Å²) in [5, 5.41) is 13.5. The standard InChI is InChI=1S/C14H15BrN2O3/c1-3-10-7-11(17(2)16-10)8-20-13-6-9(15)4-5-12(13)14(18)19/h4-7H,3,8H2,1-2H3,(H,18,19). The van der Waals surface area contributed by atoms with Crippen LogP contribution in [0.5, 0.6) is 5.75 Å². The van der Waals surface area contributed by atoms with E-state index in [1.165, 1.54) is 6.07 Å². The summed E-state index contributed by atoms with van der Waals surface area (Å²) in [6, 6.07) is 6.80. The number of hydrogen-bond acceptors (Lipinski definition) is 3. The van der Waals surface area contributed by atoms with Gasteiger partial charge in [0.05, 0.1) is 11.4 Å². The van der Waals surface area contributed by atoms with Gasteiger partial charge in [0.25, 0.3) is 0 Å². The molecule has 2 aromatic rings. The molecule has 6 heteroatoms. The molecule has 1 aromatic heterocycles. The highest BCUT2D eigenvalue weighted by molar-refractivity contribution is 9.10. The smallest absolute Gasteiger partial charge is 0.339 e. The van der Waals surface area contributed by atoms with Gasteiger partial charge in [0.15, 0.2) is 0 Å². The van der Waals surface area contributed by atoms with E-state index in [-0.39, 0.29) is 12.2 Å². The van der Waals surface area contributed by atoms with Crippen LogP contribution in [0.1, 0.15) is 28.7 Å². The monoisotopic (exact) mass is 338 g/mol. The number of halogens is 1. The van der Waals surface area contributed by atoms with Gasteiger partial charge in [-0.25, -0.2) is 4.79 Å². The van der Waals surface area contributed by atoms with Crippen LogP contribution in [0, 0.1) is 0 Å². The third-order valence-electron chi connectivity index (χ3n) is 2.94. The van der Waals surface area contributed by atoms with Gasteiger partial charge in [-0.1, -0.05) is 22.9 Å². The van der Waals surface area contributed by atoms with Gasteiger partial charge in [0, 0.05) is 11.5 Å². The number of rotatable bonds is 5. The summed E-state index contributed by atoms with van der Waals surface area (Å²) >= 11 is 3.31. The number of hydrogen-bond donors (Lipinski definition) is 1. The van der Waals surface area contributed by atoms with Gasteiger partial charge in [0.1, 0.15) is 17.9 Å². The second-order valence-electron chi connectivity index (χ2n) is 4.34. The minimum Gasteiger partial charge on any atom is -0.486 e. The lowest BCUT2D eigenvalue weighted by Gasteiger charge is -2.09. The lowest BCUT2D eigenvalue weighted by Crippen LogP contribution is -2.06. The van der Waals surface area contributed by atoms with Gasteiger partial charge in [-0.3, -0.25) is 4.68 Å². The number of nitrogens with zero attached hydrogens (tertiary/aromatic N) is 2. The Morgan fingerprint density at radius 2 is 2.20 bits per heavy atom. The van der Waals surface area contributed by atoms with Gasteiger partial charge in [-0.2, -0.15) is 5.10 Å². The predicted octanol–water partition coefficient (Wildman–Crippen LogP) is 3.02. The van der Waals surface area contributed by atoms with Crippen molar-refractivity contribution in [1.82, 2.24) is 9.78 Å². The minimum absolute atomic E-state index is 0.145. The number of aryl methyl sites for hydroxylation is 2. The van der Waals surface area contributed by atoms with E-state index in [1.54, 1.807) is 16.8 Å². The van der Waals surface area contributed by atoms with Crippen molar-refractivity contribution in [3.63, 3.8) is 0 Å². The molecule has 0 aliphatic heterocycles. The van der Waals surface area contributed by atoms with Crippen molar-refractivity contribution >= 4 is 21.9 Å². The van der Waals surface area contributed by atoms with Crippen molar-refractivity contribution in [3.8, 4) is 5.75 Å². The summed E-state index contributed by atoms with van der Waals surface area (Å²) in [4.78, 5) is 11.1. The molecule has 0 aliphatic rings. The molecule has 1 N–H and O–H groups in total. The van der Waals surface area contributed by atoms with Crippen LogP contribution in [0.3, 0.4) is 0 Å². The number of carbonyl (C=O) groups is 1. The highest BCUT2D eigenvalue weighted by Crippen LogP contribution is 2.24. The van der Waals surface area contributed by atoms with Crippen LogP contribution >= 0.6 is 15.9 Å². The van der Waals surface area contributed by atoms with E-state index in [1.807, 2.05) is 20.0 Å². The van der Waals surface area contributed by atoms with Crippen LogP contribution in [0.15, 0.2) is 28.7 Å². The van der Waals surface area contributed by atoms with Crippen molar-refractivity contribution in [3.05, 3.63) is 45.7 Å². The fraction of sp³-hybridized carbons (Fsp3) is 0.286. The van der Waals surface area contributed by atoms with E-state index in [0.717, 1.165) is 22.3 Å². The molecule has 0 aliphatic carbocycles. The highest BCUT2D eigenvalue weighted by Gasteiger charge is 2.13. The third-order valence-corrected chi connectivity index (χ3v) is 3.43. The first-order chi connectivity index (χ1) is 9.51. The maximum absolute atomic E-state index is 11.1. The number of aromatic carboxylic acids is 1. The first-order valence-corrected chi connectivity index (χ1v) is 6.98. The zero-order chi connectivity index (χ0) is 14.7.